The van der Waals surface area contributed by atoms with Crippen molar-refractivity contribution in [3.8, 4) is 5.75 Å². The summed E-state index contributed by atoms with van der Waals surface area (Å²) in [5.41, 5.74) is 2.53. The van der Waals surface area contributed by atoms with Crippen molar-refractivity contribution < 1.29 is 14.3 Å². The maximum absolute atomic E-state index is 13.9. The third kappa shape index (κ3) is 7.50. The van der Waals surface area contributed by atoms with Gasteiger partial charge in [-0.25, -0.2) is 0 Å². The summed E-state index contributed by atoms with van der Waals surface area (Å²) >= 11 is 12.5. The fraction of sp³-hybridized carbons (Fsp3) is 0.333. The van der Waals surface area contributed by atoms with Gasteiger partial charge in [-0.3, -0.25) is 9.59 Å². The Morgan fingerprint density at radius 3 is 2.41 bits per heavy atom. The number of benzene rings is 3. The van der Waals surface area contributed by atoms with Gasteiger partial charge in [-0.2, -0.15) is 0 Å². The van der Waals surface area contributed by atoms with Crippen LogP contribution in [0.5, 0.6) is 5.75 Å². The van der Waals surface area contributed by atoms with E-state index in [2.05, 4.69) is 5.32 Å². The van der Waals surface area contributed by atoms with Gasteiger partial charge in [0, 0.05) is 29.1 Å². The molecule has 1 N–H and O–H groups in total. The number of hydrogen-bond acceptors (Lipinski definition) is 3. The van der Waals surface area contributed by atoms with E-state index in [0.717, 1.165) is 36.8 Å². The van der Waals surface area contributed by atoms with Crippen LogP contribution in [0.3, 0.4) is 0 Å². The molecule has 3 aromatic rings. The minimum atomic E-state index is -0.687. The van der Waals surface area contributed by atoms with Crippen molar-refractivity contribution in [2.24, 2.45) is 0 Å². The highest BCUT2D eigenvalue weighted by Gasteiger charge is 2.32. The van der Waals surface area contributed by atoms with Gasteiger partial charge in [0.1, 0.15) is 11.8 Å². The maximum Gasteiger partial charge on any atom is 0.243 e. The number of carbonyl (C=O) groups is 2. The van der Waals surface area contributed by atoms with Crippen LogP contribution in [0.15, 0.2) is 72.8 Å². The van der Waals surface area contributed by atoms with Crippen LogP contribution in [0.4, 0.5) is 0 Å². The summed E-state index contributed by atoms with van der Waals surface area (Å²) in [7, 11) is 1.61. The first-order chi connectivity index (χ1) is 17.9. The van der Waals surface area contributed by atoms with Gasteiger partial charge in [0.05, 0.1) is 13.5 Å². The van der Waals surface area contributed by atoms with E-state index >= 15 is 0 Å². The highest BCUT2D eigenvalue weighted by molar-refractivity contribution is 6.35. The van der Waals surface area contributed by atoms with Crippen molar-refractivity contribution in [2.45, 2.75) is 57.2 Å². The molecule has 0 heterocycles. The Balaban J connectivity index is 1.68. The van der Waals surface area contributed by atoms with Gasteiger partial charge in [0.2, 0.25) is 11.8 Å². The molecule has 37 heavy (non-hydrogen) atoms. The molecule has 0 spiro atoms. The summed E-state index contributed by atoms with van der Waals surface area (Å²) < 4.78 is 5.40. The quantitative estimate of drug-likeness (QED) is 0.332. The minimum Gasteiger partial charge on any atom is -0.497 e. The highest BCUT2D eigenvalue weighted by Crippen LogP contribution is 2.25. The van der Waals surface area contributed by atoms with Gasteiger partial charge in [0.15, 0.2) is 0 Å². The normalized spacial score (nSPS) is 14.2. The lowest BCUT2D eigenvalue weighted by Gasteiger charge is -2.32. The zero-order valence-electron chi connectivity index (χ0n) is 21.0. The van der Waals surface area contributed by atoms with Crippen molar-refractivity contribution in [1.29, 1.82) is 0 Å². The second kappa shape index (κ2) is 13.0. The average molecular weight is 540 g/mol. The van der Waals surface area contributed by atoms with E-state index in [0.29, 0.717) is 27.8 Å². The third-order valence-electron chi connectivity index (χ3n) is 6.82. The van der Waals surface area contributed by atoms with Crippen molar-refractivity contribution in [2.75, 3.05) is 7.11 Å². The Morgan fingerprint density at radius 2 is 1.70 bits per heavy atom. The standard InChI is InChI=1S/C30H32Cl2N2O3/c1-37-26-13-7-10-22(16-26)20-34(29(35)18-23-14-15-24(31)19-27(23)32)28(17-21-8-3-2-4-9-21)30(36)33-25-11-5-6-12-25/h2-4,7-10,13-16,19,25,28H,5-6,11-12,17-18,20H2,1H3,(H,33,36)/t28-/m0/s1. The number of nitrogens with one attached hydrogen (secondary N) is 1. The van der Waals surface area contributed by atoms with Crippen LogP contribution in [0.2, 0.25) is 10.0 Å². The predicted octanol–water partition coefficient (Wildman–Crippen LogP) is 6.24. The minimum absolute atomic E-state index is 0.0575. The number of hydrogen-bond donors (Lipinski definition) is 1. The van der Waals surface area contributed by atoms with Crippen LogP contribution in [0.25, 0.3) is 0 Å². The molecule has 0 aliphatic heterocycles. The summed E-state index contributed by atoms with van der Waals surface area (Å²) in [5.74, 6) is 0.379. The molecule has 1 aliphatic rings. The molecular weight excluding hydrogens is 507 g/mol. The molecular formula is C30H32Cl2N2O3. The van der Waals surface area contributed by atoms with Gasteiger partial charge in [-0.15, -0.1) is 0 Å². The number of nitrogens with zero attached hydrogens (tertiary/aromatic N) is 1. The molecule has 1 atom stereocenters. The molecule has 0 radical (unpaired) electrons. The van der Waals surface area contributed by atoms with Gasteiger partial charge in [-0.05, 0) is 53.8 Å². The van der Waals surface area contributed by atoms with E-state index < -0.39 is 6.04 Å². The Hall–Kier alpha value is -3.02. The van der Waals surface area contributed by atoms with E-state index in [1.54, 1.807) is 30.2 Å². The van der Waals surface area contributed by atoms with Crippen LogP contribution in [0.1, 0.15) is 42.4 Å². The van der Waals surface area contributed by atoms with Crippen LogP contribution in [-0.4, -0.2) is 35.9 Å². The first-order valence-corrected chi connectivity index (χ1v) is 13.4. The number of amides is 2. The lowest BCUT2D eigenvalue weighted by molar-refractivity contribution is -0.141. The van der Waals surface area contributed by atoms with Crippen molar-refractivity contribution in [3.63, 3.8) is 0 Å². The molecule has 5 nitrogen and oxygen atoms in total. The number of ether oxygens (including phenoxy) is 1. The smallest absolute Gasteiger partial charge is 0.243 e. The van der Waals surface area contributed by atoms with Crippen molar-refractivity contribution in [1.82, 2.24) is 10.2 Å². The van der Waals surface area contributed by atoms with Gasteiger partial charge < -0.3 is 15.0 Å². The monoisotopic (exact) mass is 538 g/mol. The van der Waals surface area contributed by atoms with Crippen LogP contribution < -0.4 is 10.1 Å². The average Bonchev–Trinajstić information content (AvgIpc) is 3.41. The van der Waals surface area contributed by atoms with E-state index in [9.17, 15) is 9.59 Å². The van der Waals surface area contributed by atoms with Gasteiger partial charge >= 0.3 is 0 Å². The summed E-state index contributed by atoms with van der Waals surface area (Å²) in [6.45, 7) is 0.261. The highest BCUT2D eigenvalue weighted by atomic mass is 35.5. The first-order valence-electron chi connectivity index (χ1n) is 12.6. The number of rotatable bonds is 10. The molecule has 1 saturated carbocycles. The summed E-state index contributed by atoms with van der Waals surface area (Å²) in [5, 5.41) is 4.16. The molecule has 3 aromatic carbocycles. The second-order valence-corrected chi connectivity index (χ2v) is 10.3. The lowest BCUT2D eigenvalue weighted by atomic mass is 10.0. The van der Waals surface area contributed by atoms with E-state index in [1.807, 2.05) is 54.6 Å². The molecule has 194 valence electrons. The molecule has 0 unspecified atom stereocenters. The molecule has 1 fully saturated rings. The Labute approximate surface area is 228 Å². The van der Waals surface area contributed by atoms with Crippen molar-refractivity contribution >= 4 is 35.0 Å². The van der Waals surface area contributed by atoms with E-state index in [-0.39, 0.29) is 30.8 Å². The second-order valence-electron chi connectivity index (χ2n) is 9.48. The van der Waals surface area contributed by atoms with Crippen molar-refractivity contribution in [3.05, 3.63) is 99.5 Å². The Morgan fingerprint density at radius 1 is 0.973 bits per heavy atom. The Bertz CT molecular complexity index is 1210. The molecule has 0 saturated heterocycles. The first kappa shape index (κ1) is 27.0. The SMILES string of the molecule is COc1cccc(CN(C(=O)Cc2ccc(Cl)cc2Cl)[C@@H](Cc2ccccc2)C(=O)NC2CCCC2)c1. The lowest BCUT2D eigenvalue weighted by Crippen LogP contribution is -2.52. The zero-order chi connectivity index (χ0) is 26.2. The summed E-state index contributed by atoms with van der Waals surface area (Å²) in [4.78, 5) is 29.3. The van der Waals surface area contributed by atoms with E-state index in [4.69, 9.17) is 27.9 Å². The number of halogens is 2. The maximum atomic E-state index is 13.9. The van der Waals surface area contributed by atoms with Crippen LogP contribution in [-0.2, 0) is 29.0 Å². The predicted molar refractivity (Wildman–Crippen MR) is 148 cm³/mol. The fourth-order valence-corrected chi connectivity index (χ4v) is 5.29. The largest absolute Gasteiger partial charge is 0.497 e. The summed E-state index contributed by atoms with van der Waals surface area (Å²) in [6, 6.07) is 22.0. The van der Waals surface area contributed by atoms with Crippen LogP contribution >= 0.6 is 23.2 Å². The van der Waals surface area contributed by atoms with Gasteiger partial charge in [-0.1, -0.05) is 84.6 Å². The molecule has 4 rings (SSSR count). The molecule has 0 aromatic heterocycles. The fourth-order valence-electron chi connectivity index (χ4n) is 4.82. The molecule has 2 amide bonds. The number of carbonyl (C=O) groups excluding carboxylic acids is 2. The third-order valence-corrected chi connectivity index (χ3v) is 7.40. The molecule has 7 heteroatoms. The topological polar surface area (TPSA) is 58.6 Å². The molecule has 1 aliphatic carbocycles. The van der Waals surface area contributed by atoms with E-state index in [1.165, 1.54) is 0 Å². The Kier molecular flexibility index (Phi) is 9.48. The molecule has 0 bridgehead atoms. The van der Waals surface area contributed by atoms with Crippen LogP contribution in [0, 0.1) is 0 Å². The number of methoxy groups -OCH3 is 1. The van der Waals surface area contributed by atoms with Gasteiger partial charge in [0.25, 0.3) is 0 Å². The zero-order valence-corrected chi connectivity index (χ0v) is 22.5. The summed E-state index contributed by atoms with van der Waals surface area (Å²) in [6.07, 6.45) is 4.61.